The first-order valence-electron chi connectivity index (χ1n) is 8.56. The molecule has 5 nitrogen and oxygen atoms in total. The standard InChI is InChI=1S/C16H34N4O.HI/c1-3-21-13-7-10-19-16(17)18-9-4-5-11-20-12-6-8-15(2)14-20;/h15H,3-14H2,1-2H3,(H3,17,18,19);1H. The highest BCUT2D eigenvalue weighted by Crippen LogP contribution is 2.15. The van der Waals surface area contributed by atoms with Gasteiger partial charge >= 0.3 is 0 Å². The topological polar surface area (TPSA) is 62.9 Å². The molecule has 0 amide bonds. The molecular formula is C16H35IN4O. The van der Waals surface area contributed by atoms with E-state index in [0.717, 1.165) is 45.1 Å². The molecule has 1 aliphatic heterocycles. The first-order valence-corrected chi connectivity index (χ1v) is 8.56. The summed E-state index contributed by atoms with van der Waals surface area (Å²) in [6, 6.07) is 0. The molecule has 0 bridgehead atoms. The lowest BCUT2D eigenvalue weighted by molar-refractivity contribution is 0.146. The molecule has 0 radical (unpaired) electrons. The van der Waals surface area contributed by atoms with E-state index in [1.165, 1.54) is 38.9 Å². The van der Waals surface area contributed by atoms with Gasteiger partial charge in [-0.15, -0.1) is 24.0 Å². The Kier molecular flexibility index (Phi) is 14.5. The molecule has 0 aromatic carbocycles. The van der Waals surface area contributed by atoms with Crippen LogP contribution in [0.3, 0.4) is 0 Å². The number of unbranched alkanes of at least 4 members (excludes halogenated alkanes) is 1. The fourth-order valence-electron chi connectivity index (χ4n) is 2.73. The number of halogens is 1. The van der Waals surface area contributed by atoms with Crippen molar-refractivity contribution in [2.45, 2.75) is 46.0 Å². The van der Waals surface area contributed by atoms with Crippen LogP contribution in [-0.4, -0.2) is 56.8 Å². The van der Waals surface area contributed by atoms with Crippen LogP contribution in [0.2, 0.25) is 0 Å². The van der Waals surface area contributed by atoms with E-state index < -0.39 is 0 Å². The summed E-state index contributed by atoms with van der Waals surface area (Å²) in [5, 5.41) is 3.19. The largest absolute Gasteiger partial charge is 0.382 e. The first-order chi connectivity index (χ1) is 10.2. The van der Waals surface area contributed by atoms with Gasteiger partial charge in [-0.3, -0.25) is 4.99 Å². The van der Waals surface area contributed by atoms with Gasteiger partial charge in [0.05, 0.1) is 0 Å². The second-order valence-electron chi connectivity index (χ2n) is 6.00. The predicted molar refractivity (Wildman–Crippen MR) is 105 cm³/mol. The quantitative estimate of drug-likeness (QED) is 0.244. The molecule has 3 N–H and O–H groups in total. The summed E-state index contributed by atoms with van der Waals surface area (Å²) in [4.78, 5) is 6.88. The molecule has 0 aromatic rings. The SMILES string of the molecule is CCOCCCN=C(N)NCCCCN1CCCC(C)C1.I. The Hall–Kier alpha value is -0.0800. The lowest BCUT2D eigenvalue weighted by Gasteiger charge is -2.30. The van der Waals surface area contributed by atoms with E-state index in [1.807, 2.05) is 6.92 Å². The van der Waals surface area contributed by atoms with Gasteiger partial charge in [0.1, 0.15) is 0 Å². The number of hydrogen-bond donors (Lipinski definition) is 2. The number of rotatable bonds is 10. The number of hydrogen-bond acceptors (Lipinski definition) is 3. The van der Waals surface area contributed by atoms with Crippen LogP contribution >= 0.6 is 24.0 Å². The number of nitrogens with zero attached hydrogens (tertiary/aromatic N) is 2. The van der Waals surface area contributed by atoms with Crippen molar-refractivity contribution in [1.29, 1.82) is 0 Å². The molecule has 0 saturated carbocycles. The van der Waals surface area contributed by atoms with Gasteiger partial charge in [-0.2, -0.15) is 0 Å². The minimum absolute atomic E-state index is 0. The van der Waals surface area contributed by atoms with Crippen molar-refractivity contribution in [2.24, 2.45) is 16.6 Å². The first kappa shape index (κ1) is 21.9. The molecule has 6 heteroatoms. The maximum Gasteiger partial charge on any atom is 0.188 e. The highest BCUT2D eigenvalue weighted by Gasteiger charge is 2.15. The zero-order valence-electron chi connectivity index (χ0n) is 14.4. The molecule has 1 heterocycles. The molecular weight excluding hydrogens is 391 g/mol. The van der Waals surface area contributed by atoms with E-state index >= 15 is 0 Å². The third-order valence-corrected chi connectivity index (χ3v) is 3.88. The van der Waals surface area contributed by atoms with Crippen LogP contribution in [0, 0.1) is 5.92 Å². The zero-order chi connectivity index (χ0) is 15.3. The van der Waals surface area contributed by atoms with Crippen LogP contribution in [0.5, 0.6) is 0 Å². The molecule has 1 saturated heterocycles. The van der Waals surface area contributed by atoms with Crippen molar-refractivity contribution in [3.05, 3.63) is 0 Å². The van der Waals surface area contributed by atoms with Crippen LogP contribution in [0.1, 0.15) is 46.0 Å². The predicted octanol–water partition coefficient (Wildman–Crippen LogP) is 2.45. The van der Waals surface area contributed by atoms with Gasteiger partial charge in [-0.25, -0.2) is 0 Å². The van der Waals surface area contributed by atoms with E-state index in [1.54, 1.807) is 0 Å². The number of likely N-dealkylation sites (tertiary alicyclic amines) is 1. The van der Waals surface area contributed by atoms with Gasteiger partial charge in [0.15, 0.2) is 5.96 Å². The molecule has 1 rings (SSSR count). The van der Waals surface area contributed by atoms with Gasteiger partial charge in [0, 0.05) is 32.8 Å². The van der Waals surface area contributed by atoms with Crippen molar-refractivity contribution in [3.63, 3.8) is 0 Å². The summed E-state index contributed by atoms with van der Waals surface area (Å²) >= 11 is 0. The second-order valence-corrected chi connectivity index (χ2v) is 6.00. The lowest BCUT2D eigenvalue weighted by Crippen LogP contribution is -2.36. The van der Waals surface area contributed by atoms with Crippen molar-refractivity contribution in [1.82, 2.24) is 10.2 Å². The van der Waals surface area contributed by atoms with Gasteiger partial charge in [-0.05, 0) is 58.0 Å². The maximum atomic E-state index is 5.82. The second kappa shape index (κ2) is 14.5. The van der Waals surface area contributed by atoms with Crippen molar-refractivity contribution in [3.8, 4) is 0 Å². The molecule has 0 aliphatic carbocycles. The minimum atomic E-state index is 0. The molecule has 0 aromatic heterocycles. The average molecular weight is 426 g/mol. The summed E-state index contributed by atoms with van der Waals surface area (Å²) in [6.45, 7) is 11.3. The Morgan fingerprint density at radius 2 is 2.18 bits per heavy atom. The van der Waals surface area contributed by atoms with Crippen molar-refractivity contribution in [2.75, 3.05) is 45.9 Å². The number of ether oxygens (including phenoxy) is 1. The molecule has 132 valence electrons. The Balaban J connectivity index is 0.00000441. The molecule has 1 fully saturated rings. The zero-order valence-corrected chi connectivity index (χ0v) is 16.7. The van der Waals surface area contributed by atoms with Crippen LogP contribution in [-0.2, 0) is 4.74 Å². The van der Waals surface area contributed by atoms with Gasteiger partial charge < -0.3 is 20.7 Å². The van der Waals surface area contributed by atoms with E-state index in [9.17, 15) is 0 Å². The molecule has 1 aliphatic rings. The Morgan fingerprint density at radius 1 is 1.36 bits per heavy atom. The van der Waals surface area contributed by atoms with Gasteiger partial charge in [0.2, 0.25) is 0 Å². The van der Waals surface area contributed by atoms with Crippen LogP contribution < -0.4 is 11.1 Å². The minimum Gasteiger partial charge on any atom is -0.382 e. The van der Waals surface area contributed by atoms with Crippen LogP contribution in [0.4, 0.5) is 0 Å². The van der Waals surface area contributed by atoms with Gasteiger partial charge in [-0.1, -0.05) is 6.92 Å². The number of nitrogens with one attached hydrogen (secondary N) is 1. The third-order valence-electron chi connectivity index (χ3n) is 3.88. The number of guanidine groups is 1. The number of nitrogens with two attached hydrogens (primary N) is 1. The summed E-state index contributed by atoms with van der Waals surface area (Å²) < 4.78 is 5.26. The summed E-state index contributed by atoms with van der Waals surface area (Å²) in [7, 11) is 0. The summed E-state index contributed by atoms with van der Waals surface area (Å²) in [6.07, 6.45) is 6.08. The fourth-order valence-corrected chi connectivity index (χ4v) is 2.73. The van der Waals surface area contributed by atoms with Crippen molar-refractivity contribution < 1.29 is 4.74 Å². The Morgan fingerprint density at radius 3 is 2.91 bits per heavy atom. The lowest BCUT2D eigenvalue weighted by atomic mass is 10.0. The highest BCUT2D eigenvalue weighted by molar-refractivity contribution is 14.0. The van der Waals surface area contributed by atoms with E-state index in [0.29, 0.717) is 5.96 Å². The Bertz CT molecular complexity index is 289. The number of aliphatic imine (C=N–C) groups is 1. The molecule has 1 unspecified atom stereocenters. The van der Waals surface area contributed by atoms with E-state index in [4.69, 9.17) is 10.5 Å². The van der Waals surface area contributed by atoms with Crippen LogP contribution in [0.25, 0.3) is 0 Å². The van der Waals surface area contributed by atoms with Gasteiger partial charge in [0.25, 0.3) is 0 Å². The average Bonchev–Trinajstić information content (AvgIpc) is 2.47. The number of piperidine rings is 1. The highest BCUT2D eigenvalue weighted by atomic mass is 127. The van der Waals surface area contributed by atoms with Crippen LogP contribution in [0.15, 0.2) is 4.99 Å². The third kappa shape index (κ3) is 11.5. The molecule has 1 atom stereocenters. The fraction of sp³-hybridized carbons (Fsp3) is 0.938. The maximum absolute atomic E-state index is 5.82. The van der Waals surface area contributed by atoms with E-state index in [2.05, 4.69) is 22.1 Å². The van der Waals surface area contributed by atoms with E-state index in [-0.39, 0.29) is 24.0 Å². The normalized spacial score (nSPS) is 19.7. The monoisotopic (exact) mass is 426 g/mol. The molecule has 0 spiro atoms. The van der Waals surface area contributed by atoms with Crippen molar-refractivity contribution >= 4 is 29.9 Å². The molecule has 22 heavy (non-hydrogen) atoms. The summed E-state index contributed by atoms with van der Waals surface area (Å²) in [5.74, 6) is 1.44. The summed E-state index contributed by atoms with van der Waals surface area (Å²) in [5.41, 5.74) is 5.82. The Labute approximate surface area is 153 Å². The smallest absolute Gasteiger partial charge is 0.188 e.